The zero-order chi connectivity index (χ0) is 20.6. The summed E-state index contributed by atoms with van der Waals surface area (Å²) in [6, 6.07) is 22.5. The van der Waals surface area contributed by atoms with Gasteiger partial charge in [-0.2, -0.15) is 4.37 Å². The molecule has 4 aromatic rings. The minimum Gasteiger partial charge on any atom is -0.364 e. The zero-order valence-corrected chi connectivity index (χ0v) is 17.9. The van der Waals surface area contributed by atoms with E-state index < -0.39 is 9.84 Å². The molecule has 3 aromatic carbocycles. The lowest BCUT2D eigenvalue weighted by molar-refractivity contribution is 0.595. The van der Waals surface area contributed by atoms with Crippen molar-refractivity contribution in [3.63, 3.8) is 0 Å². The highest BCUT2D eigenvalue weighted by molar-refractivity contribution is 7.90. The first-order valence-corrected chi connectivity index (χ1v) is 12.4. The van der Waals surface area contributed by atoms with Crippen LogP contribution < -0.4 is 4.90 Å². The van der Waals surface area contributed by atoms with Crippen molar-refractivity contribution < 1.29 is 8.42 Å². The van der Waals surface area contributed by atoms with E-state index in [4.69, 9.17) is 0 Å². The summed E-state index contributed by atoms with van der Waals surface area (Å²) in [6.07, 6.45) is 3.65. The average molecular weight is 436 g/mol. The zero-order valence-electron chi connectivity index (χ0n) is 16.3. The summed E-state index contributed by atoms with van der Waals surface area (Å²) in [5, 5.41) is 2.52. The number of sulfone groups is 1. The summed E-state index contributed by atoms with van der Waals surface area (Å²) in [4.78, 5) is 6.79. The molecule has 5 nitrogen and oxygen atoms in total. The standard InChI is InChI=1S/C23H21N3O2S2/c27-30(28,15-23-24-16-25-29-23)19-11-12-20-18(14-19)8-4-9-22(20)26-13-5-10-21(26)17-6-2-1-3-7-17/h1-4,6-9,11-12,14,16,21H,5,10,13,15H2. The highest BCUT2D eigenvalue weighted by Gasteiger charge is 2.27. The van der Waals surface area contributed by atoms with Crippen molar-refractivity contribution in [2.24, 2.45) is 0 Å². The maximum atomic E-state index is 12.8. The van der Waals surface area contributed by atoms with E-state index in [-0.39, 0.29) is 5.75 Å². The number of fused-ring (bicyclic) bond motifs is 1. The summed E-state index contributed by atoms with van der Waals surface area (Å²) in [6.45, 7) is 0.996. The Hall–Kier alpha value is -2.77. The maximum Gasteiger partial charge on any atom is 0.184 e. The summed E-state index contributed by atoms with van der Waals surface area (Å²) in [5.41, 5.74) is 2.48. The third-order valence-electron chi connectivity index (χ3n) is 5.65. The van der Waals surface area contributed by atoms with Crippen molar-refractivity contribution in [1.29, 1.82) is 0 Å². The topological polar surface area (TPSA) is 63.2 Å². The van der Waals surface area contributed by atoms with Crippen LogP contribution in [0.2, 0.25) is 0 Å². The number of benzene rings is 3. The minimum atomic E-state index is -3.47. The highest BCUT2D eigenvalue weighted by Crippen LogP contribution is 2.39. The van der Waals surface area contributed by atoms with Crippen LogP contribution >= 0.6 is 11.5 Å². The van der Waals surface area contributed by atoms with Gasteiger partial charge in [-0.3, -0.25) is 0 Å². The molecule has 0 bridgehead atoms. The molecule has 1 atom stereocenters. The number of rotatable bonds is 5. The molecule has 1 aromatic heterocycles. The Morgan fingerprint density at radius 1 is 1.03 bits per heavy atom. The molecule has 5 rings (SSSR count). The number of aromatic nitrogens is 2. The predicted molar refractivity (Wildman–Crippen MR) is 121 cm³/mol. The first-order chi connectivity index (χ1) is 14.6. The van der Waals surface area contributed by atoms with E-state index in [2.05, 4.69) is 44.6 Å². The molecule has 152 valence electrons. The summed E-state index contributed by atoms with van der Waals surface area (Å²) < 4.78 is 29.6. The van der Waals surface area contributed by atoms with Gasteiger partial charge in [0, 0.05) is 17.6 Å². The Balaban J connectivity index is 1.52. The number of hydrogen-bond acceptors (Lipinski definition) is 6. The monoisotopic (exact) mass is 435 g/mol. The van der Waals surface area contributed by atoms with Crippen molar-refractivity contribution in [2.45, 2.75) is 29.5 Å². The van der Waals surface area contributed by atoms with Gasteiger partial charge >= 0.3 is 0 Å². The maximum absolute atomic E-state index is 12.8. The van der Waals surface area contributed by atoms with Crippen LogP contribution in [-0.4, -0.2) is 24.3 Å². The van der Waals surface area contributed by atoms with E-state index in [0.717, 1.165) is 47.4 Å². The Morgan fingerprint density at radius 3 is 2.70 bits per heavy atom. The summed E-state index contributed by atoms with van der Waals surface area (Å²) in [7, 11) is -3.47. The average Bonchev–Trinajstić information content (AvgIpc) is 3.45. The fraction of sp³-hybridized carbons (Fsp3) is 0.217. The number of nitrogens with zero attached hydrogens (tertiary/aromatic N) is 3. The second-order valence-electron chi connectivity index (χ2n) is 7.52. The molecule has 1 unspecified atom stereocenters. The van der Waals surface area contributed by atoms with Crippen LogP contribution in [0, 0.1) is 0 Å². The number of anilines is 1. The molecule has 7 heteroatoms. The van der Waals surface area contributed by atoms with Gasteiger partial charge in [0.05, 0.1) is 10.9 Å². The molecule has 0 radical (unpaired) electrons. The van der Waals surface area contributed by atoms with E-state index in [1.807, 2.05) is 24.3 Å². The fourth-order valence-electron chi connectivity index (χ4n) is 4.27. The van der Waals surface area contributed by atoms with Gasteiger partial charge in [-0.1, -0.05) is 48.5 Å². The van der Waals surface area contributed by atoms with Gasteiger partial charge in [0.25, 0.3) is 0 Å². The van der Waals surface area contributed by atoms with Gasteiger partial charge in [-0.05, 0) is 53.5 Å². The molecule has 1 aliphatic heterocycles. The molecular formula is C23H21N3O2S2. The predicted octanol–water partition coefficient (Wildman–Crippen LogP) is 5.01. The normalized spacial score (nSPS) is 16.9. The SMILES string of the molecule is O=S(=O)(Cc1ncns1)c1ccc2c(N3CCCC3c3ccccc3)cccc2c1. The van der Waals surface area contributed by atoms with Crippen LogP contribution in [0.3, 0.4) is 0 Å². The van der Waals surface area contributed by atoms with Gasteiger partial charge < -0.3 is 4.90 Å². The molecule has 0 N–H and O–H groups in total. The van der Waals surface area contributed by atoms with E-state index in [1.54, 1.807) is 12.1 Å². The molecule has 0 aliphatic carbocycles. The molecule has 2 heterocycles. The molecule has 1 fully saturated rings. The third kappa shape index (κ3) is 3.59. The van der Waals surface area contributed by atoms with Gasteiger partial charge in [-0.25, -0.2) is 13.4 Å². The van der Waals surface area contributed by atoms with Crippen LogP contribution in [0.1, 0.15) is 29.5 Å². The van der Waals surface area contributed by atoms with E-state index >= 15 is 0 Å². The van der Waals surface area contributed by atoms with Gasteiger partial charge in [0.1, 0.15) is 17.1 Å². The lowest BCUT2D eigenvalue weighted by atomic mass is 10.0. The summed E-state index contributed by atoms with van der Waals surface area (Å²) in [5.74, 6) is -0.120. The van der Waals surface area contributed by atoms with E-state index in [0.29, 0.717) is 15.9 Å². The van der Waals surface area contributed by atoms with Crippen LogP contribution in [0.5, 0.6) is 0 Å². The Kier molecular flexibility index (Phi) is 5.00. The lowest BCUT2D eigenvalue weighted by Crippen LogP contribution is -2.22. The highest BCUT2D eigenvalue weighted by atomic mass is 32.2. The Labute approximate surface area is 180 Å². The van der Waals surface area contributed by atoms with E-state index in [9.17, 15) is 8.42 Å². The van der Waals surface area contributed by atoms with Crippen molar-refractivity contribution in [2.75, 3.05) is 11.4 Å². The Bertz CT molecular complexity index is 1270. The molecule has 0 saturated carbocycles. The first kappa shape index (κ1) is 19.2. The first-order valence-electron chi connectivity index (χ1n) is 9.94. The van der Waals surface area contributed by atoms with Crippen LogP contribution in [0.25, 0.3) is 10.8 Å². The van der Waals surface area contributed by atoms with Gasteiger partial charge in [0.2, 0.25) is 0 Å². The lowest BCUT2D eigenvalue weighted by Gasteiger charge is -2.28. The van der Waals surface area contributed by atoms with E-state index in [1.165, 1.54) is 11.9 Å². The quantitative estimate of drug-likeness (QED) is 0.441. The molecule has 0 spiro atoms. The van der Waals surface area contributed by atoms with Gasteiger partial charge in [0.15, 0.2) is 9.84 Å². The van der Waals surface area contributed by atoms with Crippen molar-refractivity contribution >= 4 is 37.8 Å². The minimum absolute atomic E-state index is 0.120. The summed E-state index contributed by atoms with van der Waals surface area (Å²) >= 11 is 1.12. The van der Waals surface area contributed by atoms with Crippen LogP contribution in [0.4, 0.5) is 5.69 Å². The fourth-order valence-corrected chi connectivity index (χ4v) is 6.41. The molecule has 1 aliphatic rings. The number of hydrogen-bond donors (Lipinski definition) is 0. The smallest absolute Gasteiger partial charge is 0.184 e. The van der Waals surface area contributed by atoms with Crippen molar-refractivity contribution in [3.8, 4) is 0 Å². The van der Waals surface area contributed by atoms with Crippen molar-refractivity contribution in [1.82, 2.24) is 9.36 Å². The molecule has 30 heavy (non-hydrogen) atoms. The molecular weight excluding hydrogens is 414 g/mol. The van der Waals surface area contributed by atoms with Crippen LogP contribution in [0.15, 0.2) is 78.0 Å². The molecule has 0 amide bonds. The Morgan fingerprint density at radius 2 is 1.90 bits per heavy atom. The van der Waals surface area contributed by atoms with Gasteiger partial charge in [-0.15, -0.1) is 0 Å². The second kappa shape index (κ2) is 7.81. The van der Waals surface area contributed by atoms with Crippen LogP contribution in [-0.2, 0) is 15.6 Å². The molecule has 1 saturated heterocycles. The largest absolute Gasteiger partial charge is 0.364 e. The second-order valence-corrected chi connectivity index (χ2v) is 10.4. The van der Waals surface area contributed by atoms with Crippen molar-refractivity contribution in [3.05, 3.63) is 83.6 Å². The third-order valence-corrected chi connectivity index (χ3v) is 8.12.